The van der Waals surface area contributed by atoms with E-state index in [0.717, 1.165) is 53.5 Å². The lowest BCUT2D eigenvalue weighted by molar-refractivity contribution is 0.0140. The summed E-state index contributed by atoms with van der Waals surface area (Å²) in [6.45, 7) is 12.1. The molecule has 2 aromatic heterocycles. The smallest absolute Gasteiger partial charge is 0.410 e. The third-order valence-electron chi connectivity index (χ3n) is 5.71. The Balaban J connectivity index is 1.49. The summed E-state index contributed by atoms with van der Waals surface area (Å²) < 4.78 is 19.7. The zero-order valence-corrected chi connectivity index (χ0v) is 19.3. The number of alkyl halides is 1. The number of carbonyl (C=O) groups is 1. The van der Waals surface area contributed by atoms with Gasteiger partial charge in [0.05, 0.1) is 5.39 Å². The number of halogens is 1. The molecule has 0 saturated carbocycles. The number of aromatic nitrogens is 2. The predicted molar refractivity (Wildman–Crippen MR) is 118 cm³/mol. The Morgan fingerprint density at radius 3 is 2.63 bits per heavy atom. The summed E-state index contributed by atoms with van der Waals surface area (Å²) in [5.41, 5.74) is -1.73. The molecule has 0 spiro atoms. The molecular weight excluding hydrogens is 403 g/mol. The van der Waals surface area contributed by atoms with Crippen molar-refractivity contribution in [1.82, 2.24) is 14.9 Å². The summed E-state index contributed by atoms with van der Waals surface area (Å²) in [6, 6.07) is 2.05. The van der Waals surface area contributed by atoms with E-state index in [0.29, 0.717) is 18.3 Å². The Labute approximate surface area is 181 Å². The fraction of sp³-hybridized carbons (Fsp3) is 0.682. The molecule has 164 valence electrons. The minimum absolute atomic E-state index is 0.222. The normalized spacial score (nSPS) is 22.5. The molecule has 30 heavy (non-hydrogen) atoms. The predicted octanol–water partition coefficient (Wildman–Crippen LogP) is 4.68. The number of amides is 1. The molecular formula is C22H31FN4O2S. The summed E-state index contributed by atoms with van der Waals surface area (Å²) in [4.78, 5) is 27.5. The van der Waals surface area contributed by atoms with Gasteiger partial charge in [-0.05, 0) is 58.9 Å². The number of fused-ring (bicyclic) bond motifs is 2. The highest BCUT2D eigenvalue weighted by atomic mass is 32.1. The first-order chi connectivity index (χ1) is 14.0. The maximum Gasteiger partial charge on any atom is 0.410 e. The van der Waals surface area contributed by atoms with Gasteiger partial charge in [-0.3, -0.25) is 0 Å². The number of piperidine rings is 1. The topological polar surface area (TPSA) is 58.6 Å². The number of ether oxygens (including phenoxy) is 1. The Hall–Kier alpha value is -1.96. The van der Waals surface area contributed by atoms with Crippen LogP contribution < -0.4 is 4.90 Å². The lowest BCUT2D eigenvalue weighted by atomic mass is 9.89. The molecule has 0 bridgehead atoms. The van der Waals surface area contributed by atoms with Gasteiger partial charge in [0.1, 0.15) is 28.2 Å². The average molecular weight is 435 g/mol. The van der Waals surface area contributed by atoms with E-state index in [1.54, 1.807) is 31.5 Å². The molecule has 2 aromatic rings. The highest BCUT2D eigenvalue weighted by Gasteiger charge is 2.40. The first-order valence-electron chi connectivity index (χ1n) is 10.6. The monoisotopic (exact) mass is 434 g/mol. The molecule has 2 saturated heterocycles. The van der Waals surface area contributed by atoms with Crippen molar-refractivity contribution in [2.45, 2.75) is 58.7 Å². The Kier molecular flexibility index (Phi) is 5.41. The molecule has 2 aliphatic heterocycles. The SMILES string of the molecule is CC(C)(F)Cc1cc2c(N3C[C@H]4CN(C(=O)OC(C)(C)C)CC[C@H]4C3)ncnc2s1. The van der Waals surface area contributed by atoms with Crippen molar-refractivity contribution in [3.8, 4) is 0 Å². The van der Waals surface area contributed by atoms with Gasteiger partial charge >= 0.3 is 6.09 Å². The zero-order valence-electron chi connectivity index (χ0n) is 18.4. The van der Waals surface area contributed by atoms with Crippen LogP contribution in [-0.4, -0.2) is 58.4 Å². The van der Waals surface area contributed by atoms with Crippen molar-refractivity contribution in [3.63, 3.8) is 0 Å². The minimum Gasteiger partial charge on any atom is -0.444 e. The number of likely N-dealkylation sites (tertiary alicyclic amines) is 1. The fourth-order valence-electron chi connectivity index (χ4n) is 4.48. The summed E-state index contributed by atoms with van der Waals surface area (Å²) in [5.74, 6) is 1.87. The quantitative estimate of drug-likeness (QED) is 0.702. The summed E-state index contributed by atoms with van der Waals surface area (Å²) in [5, 5.41) is 1.00. The lowest BCUT2D eigenvalue weighted by Gasteiger charge is -2.35. The van der Waals surface area contributed by atoms with Gasteiger partial charge in [0, 0.05) is 37.5 Å². The van der Waals surface area contributed by atoms with Gasteiger partial charge in [-0.1, -0.05) is 0 Å². The van der Waals surface area contributed by atoms with E-state index in [2.05, 4.69) is 14.9 Å². The Bertz CT molecular complexity index is 933. The van der Waals surface area contributed by atoms with E-state index in [1.807, 2.05) is 31.7 Å². The second-order valence-electron chi connectivity index (χ2n) is 10.2. The highest BCUT2D eigenvalue weighted by molar-refractivity contribution is 7.18. The summed E-state index contributed by atoms with van der Waals surface area (Å²) in [6.07, 6.45) is 2.73. The molecule has 2 aliphatic rings. The van der Waals surface area contributed by atoms with Crippen molar-refractivity contribution in [3.05, 3.63) is 17.3 Å². The number of nitrogens with zero attached hydrogens (tertiary/aromatic N) is 4. The average Bonchev–Trinajstić information content (AvgIpc) is 3.20. The standard InChI is InChI=1S/C22H31FN4O2S/c1-21(2,3)29-20(28)26-7-6-14-10-27(12-15(14)11-26)18-17-8-16(9-22(4,5)23)30-19(17)25-13-24-18/h8,13-15H,6-7,9-12H2,1-5H3/t14-,15+/m0/s1. The number of hydrogen-bond acceptors (Lipinski definition) is 6. The number of thiophene rings is 1. The second-order valence-corrected chi connectivity index (χ2v) is 11.3. The van der Waals surface area contributed by atoms with Gasteiger partial charge in [-0.25, -0.2) is 19.2 Å². The minimum atomic E-state index is -1.25. The van der Waals surface area contributed by atoms with Crippen molar-refractivity contribution < 1.29 is 13.9 Å². The maximum absolute atomic E-state index is 14.1. The van der Waals surface area contributed by atoms with Crippen molar-refractivity contribution >= 4 is 33.5 Å². The lowest BCUT2D eigenvalue weighted by Crippen LogP contribution is -2.45. The molecule has 2 atom stereocenters. The van der Waals surface area contributed by atoms with Crippen LogP contribution in [0.3, 0.4) is 0 Å². The molecule has 2 fully saturated rings. The molecule has 1 amide bonds. The van der Waals surface area contributed by atoms with Crippen LogP contribution in [0.2, 0.25) is 0 Å². The molecule has 0 N–H and O–H groups in total. The Morgan fingerprint density at radius 1 is 1.20 bits per heavy atom. The summed E-state index contributed by atoms with van der Waals surface area (Å²) in [7, 11) is 0. The van der Waals surface area contributed by atoms with Crippen LogP contribution in [0.25, 0.3) is 10.2 Å². The van der Waals surface area contributed by atoms with Crippen molar-refractivity contribution in [2.24, 2.45) is 11.8 Å². The second kappa shape index (κ2) is 7.62. The first kappa shape index (κ1) is 21.3. The number of rotatable bonds is 3. The third kappa shape index (κ3) is 4.68. The molecule has 0 radical (unpaired) electrons. The summed E-state index contributed by atoms with van der Waals surface area (Å²) >= 11 is 1.54. The zero-order chi connectivity index (χ0) is 21.7. The van der Waals surface area contributed by atoms with Gasteiger partial charge in [0.2, 0.25) is 0 Å². The fourth-order valence-corrected chi connectivity index (χ4v) is 5.68. The number of hydrogen-bond donors (Lipinski definition) is 0. The van der Waals surface area contributed by atoms with Crippen LogP contribution in [0, 0.1) is 11.8 Å². The van der Waals surface area contributed by atoms with Crippen LogP contribution in [0.5, 0.6) is 0 Å². The van der Waals surface area contributed by atoms with Crippen LogP contribution in [0.4, 0.5) is 15.0 Å². The van der Waals surface area contributed by atoms with E-state index < -0.39 is 11.3 Å². The number of anilines is 1. The molecule has 6 nitrogen and oxygen atoms in total. The maximum atomic E-state index is 14.1. The first-order valence-corrected chi connectivity index (χ1v) is 11.5. The van der Waals surface area contributed by atoms with Crippen LogP contribution in [0.15, 0.2) is 12.4 Å². The van der Waals surface area contributed by atoms with Gasteiger partial charge < -0.3 is 14.5 Å². The van der Waals surface area contributed by atoms with E-state index in [9.17, 15) is 9.18 Å². The van der Waals surface area contributed by atoms with E-state index in [-0.39, 0.29) is 6.09 Å². The van der Waals surface area contributed by atoms with Gasteiger partial charge in [-0.15, -0.1) is 11.3 Å². The largest absolute Gasteiger partial charge is 0.444 e. The van der Waals surface area contributed by atoms with Gasteiger partial charge in [-0.2, -0.15) is 0 Å². The highest BCUT2D eigenvalue weighted by Crippen LogP contribution is 2.38. The van der Waals surface area contributed by atoms with Crippen molar-refractivity contribution in [2.75, 3.05) is 31.1 Å². The molecule has 4 rings (SSSR count). The van der Waals surface area contributed by atoms with Crippen molar-refractivity contribution in [1.29, 1.82) is 0 Å². The molecule has 0 unspecified atom stereocenters. The van der Waals surface area contributed by atoms with Crippen LogP contribution in [0.1, 0.15) is 45.9 Å². The Morgan fingerprint density at radius 2 is 1.93 bits per heavy atom. The van der Waals surface area contributed by atoms with E-state index in [1.165, 1.54) is 0 Å². The molecule has 4 heterocycles. The van der Waals surface area contributed by atoms with E-state index >= 15 is 0 Å². The van der Waals surface area contributed by atoms with E-state index in [4.69, 9.17) is 4.74 Å². The van der Waals surface area contributed by atoms with Crippen LogP contribution >= 0.6 is 11.3 Å². The van der Waals surface area contributed by atoms with Gasteiger partial charge in [0.15, 0.2) is 0 Å². The third-order valence-corrected chi connectivity index (χ3v) is 6.75. The molecule has 0 aliphatic carbocycles. The van der Waals surface area contributed by atoms with Crippen LogP contribution in [-0.2, 0) is 11.2 Å². The van der Waals surface area contributed by atoms with Gasteiger partial charge in [0.25, 0.3) is 0 Å². The molecule has 8 heteroatoms. The number of carbonyl (C=O) groups excluding carboxylic acids is 1. The molecule has 0 aromatic carbocycles.